The predicted molar refractivity (Wildman–Crippen MR) is 160 cm³/mol. The number of hydrogen-bond acceptors (Lipinski definition) is 9. The maximum absolute atomic E-state index is 12.8. The maximum atomic E-state index is 12.8. The Kier molecular flexibility index (Phi) is 10.4. The molecule has 12 heteroatoms. The summed E-state index contributed by atoms with van der Waals surface area (Å²) < 4.78 is 17.6. The number of nitrogens with zero attached hydrogens (tertiary/aromatic N) is 2. The third kappa shape index (κ3) is 8.42. The number of anilines is 1. The number of hydrogen-bond donors (Lipinski definition) is 4. The molecular weight excluding hydrogens is 570 g/mol. The molecule has 0 bridgehead atoms. The fourth-order valence-electron chi connectivity index (χ4n) is 4.69. The summed E-state index contributed by atoms with van der Waals surface area (Å²) in [7, 11) is 1.29. The zero-order valence-electron chi connectivity index (χ0n) is 23.5. The smallest absolute Gasteiger partial charge is 0.328 e. The molecule has 1 aliphatic rings. The van der Waals surface area contributed by atoms with Crippen LogP contribution in [0, 0.1) is 0 Å². The normalized spacial score (nSPS) is 18.9. The zero-order chi connectivity index (χ0) is 30.0. The van der Waals surface area contributed by atoms with E-state index in [0.29, 0.717) is 29.4 Å². The summed E-state index contributed by atoms with van der Waals surface area (Å²) in [6, 6.07) is 22.9. The third-order valence-corrected chi connectivity index (χ3v) is 7.94. The monoisotopic (exact) mass is 603 g/mol. The van der Waals surface area contributed by atoms with E-state index in [-0.39, 0.29) is 18.8 Å². The number of aliphatic hydroxyl groups excluding tert-OH is 1. The van der Waals surface area contributed by atoms with Crippen molar-refractivity contribution >= 4 is 29.4 Å². The zero-order valence-corrected chi connectivity index (χ0v) is 24.3. The van der Waals surface area contributed by atoms with Crippen molar-refractivity contribution in [2.24, 2.45) is 0 Å². The van der Waals surface area contributed by atoms with Crippen molar-refractivity contribution in [2.45, 2.75) is 49.1 Å². The number of carbonyl (C=O) groups is 2. The molecule has 0 saturated carbocycles. The average Bonchev–Trinajstić information content (AvgIpc) is 3.58. The van der Waals surface area contributed by atoms with Crippen LogP contribution in [0.15, 0.2) is 90.3 Å². The van der Waals surface area contributed by atoms with E-state index in [0.717, 1.165) is 22.3 Å². The fraction of sp³-hybridized carbons (Fsp3) is 0.290. The average molecular weight is 604 g/mol. The Morgan fingerprint density at radius 3 is 2.44 bits per heavy atom. The van der Waals surface area contributed by atoms with Gasteiger partial charge in [0, 0.05) is 29.8 Å². The molecule has 5 rings (SSSR count). The molecule has 4 atom stereocenters. The van der Waals surface area contributed by atoms with Crippen LogP contribution in [0.2, 0.25) is 0 Å². The number of ether oxygens (including phenoxy) is 3. The SMILES string of the molecule is COC(=O)[C@H](Cc1ccccc1)NC(=O)Nc1ccc([C@@H]2O[C@H](CSc3ncn[nH]3)C[C@H](c3ccc(CO)cc3)O2)cc1. The van der Waals surface area contributed by atoms with E-state index in [9.17, 15) is 14.7 Å². The van der Waals surface area contributed by atoms with Gasteiger partial charge in [-0.1, -0.05) is 78.5 Å². The van der Waals surface area contributed by atoms with Crippen LogP contribution in [-0.2, 0) is 32.0 Å². The first-order chi connectivity index (χ1) is 21.0. The second kappa shape index (κ2) is 14.8. The summed E-state index contributed by atoms with van der Waals surface area (Å²) in [5.74, 6) is 0.113. The Labute approximate surface area is 253 Å². The van der Waals surface area contributed by atoms with E-state index in [1.165, 1.54) is 25.2 Å². The number of H-pyrrole nitrogens is 1. The maximum Gasteiger partial charge on any atom is 0.328 e. The summed E-state index contributed by atoms with van der Waals surface area (Å²) in [6.45, 7) is -0.0250. The van der Waals surface area contributed by atoms with Crippen molar-refractivity contribution < 1.29 is 28.9 Å². The first-order valence-electron chi connectivity index (χ1n) is 13.8. The van der Waals surface area contributed by atoms with Crippen molar-refractivity contribution in [3.63, 3.8) is 0 Å². The Hall–Kier alpha value is -4.23. The summed E-state index contributed by atoms with van der Waals surface area (Å²) in [5, 5.41) is 22.4. The molecule has 0 aliphatic carbocycles. The van der Waals surface area contributed by atoms with E-state index in [1.54, 1.807) is 12.1 Å². The van der Waals surface area contributed by atoms with Crippen LogP contribution in [0.3, 0.4) is 0 Å². The van der Waals surface area contributed by atoms with Gasteiger partial charge >= 0.3 is 12.0 Å². The Morgan fingerprint density at radius 2 is 1.77 bits per heavy atom. The van der Waals surface area contributed by atoms with E-state index < -0.39 is 24.3 Å². The number of aliphatic hydroxyl groups is 1. The first-order valence-corrected chi connectivity index (χ1v) is 14.8. The van der Waals surface area contributed by atoms with Crippen molar-refractivity contribution in [1.29, 1.82) is 0 Å². The fourth-order valence-corrected chi connectivity index (χ4v) is 5.49. The molecule has 1 saturated heterocycles. The molecule has 1 fully saturated rings. The number of esters is 1. The molecule has 0 unspecified atom stereocenters. The van der Waals surface area contributed by atoms with Crippen LogP contribution < -0.4 is 10.6 Å². The third-order valence-electron chi connectivity index (χ3n) is 6.93. The minimum atomic E-state index is -0.842. The molecule has 2 amide bonds. The van der Waals surface area contributed by atoms with Gasteiger partial charge in [0.2, 0.25) is 0 Å². The van der Waals surface area contributed by atoms with Crippen LogP contribution in [-0.4, -0.2) is 57.3 Å². The Bertz CT molecular complexity index is 1450. The summed E-state index contributed by atoms with van der Waals surface area (Å²) >= 11 is 1.52. The van der Waals surface area contributed by atoms with Crippen molar-refractivity contribution in [2.75, 3.05) is 18.2 Å². The number of thioether (sulfide) groups is 1. The molecule has 3 aromatic carbocycles. The molecule has 0 radical (unpaired) electrons. The predicted octanol–water partition coefficient (Wildman–Crippen LogP) is 4.54. The topological polar surface area (TPSA) is 148 Å². The lowest BCUT2D eigenvalue weighted by Crippen LogP contribution is -2.45. The number of methoxy groups -OCH3 is 1. The number of amides is 2. The molecule has 4 aromatic rings. The van der Waals surface area contributed by atoms with E-state index in [2.05, 4.69) is 25.8 Å². The lowest BCUT2D eigenvalue weighted by molar-refractivity contribution is -0.245. The van der Waals surface area contributed by atoms with Gasteiger partial charge in [-0.25, -0.2) is 14.6 Å². The molecular formula is C31H33N5O6S. The highest BCUT2D eigenvalue weighted by atomic mass is 32.2. The van der Waals surface area contributed by atoms with Crippen LogP contribution >= 0.6 is 11.8 Å². The molecule has 43 heavy (non-hydrogen) atoms. The highest BCUT2D eigenvalue weighted by Crippen LogP contribution is 2.39. The molecule has 2 heterocycles. The minimum absolute atomic E-state index is 0.0250. The van der Waals surface area contributed by atoms with E-state index >= 15 is 0 Å². The van der Waals surface area contributed by atoms with Gasteiger partial charge in [-0.3, -0.25) is 5.10 Å². The van der Waals surface area contributed by atoms with Gasteiger partial charge in [0.1, 0.15) is 12.4 Å². The van der Waals surface area contributed by atoms with Crippen molar-refractivity contribution in [3.05, 3.63) is 107 Å². The quantitative estimate of drug-likeness (QED) is 0.143. The van der Waals surface area contributed by atoms with Gasteiger partial charge in [0.25, 0.3) is 0 Å². The van der Waals surface area contributed by atoms with Crippen LogP contribution in [0.5, 0.6) is 0 Å². The Balaban J connectivity index is 1.24. The number of urea groups is 1. The number of rotatable bonds is 11. The Morgan fingerprint density at radius 1 is 1.02 bits per heavy atom. The molecule has 1 aliphatic heterocycles. The van der Waals surface area contributed by atoms with Crippen LogP contribution in [0.25, 0.3) is 0 Å². The van der Waals surface area contributed by atoms with E-state index in [1.807, 2.05) is 66.7 Å². The second-order valence-electron chi connectivity index (χ2n) is 9.94. The largest absolute Gasteiger partial charge is 0.467 e. The number of nitrogens with one attached hydrogen (secondary N) is 3. The number of aromatic amines is 1. The van der Waals surface area contributed by atoms with Gasteiger partial charge in [0.05, 0.1) is 25.9 Å². The minimum Gasteiger partial charge on any atom is -0.467 e. The molecule has 0 spiro atoms. The number of carbonyl (C=O) groups excluding carboxylic acids is 2. The number of benzene rings is 3. The summed E-state index contributed by atoms with van der Waals surface area (Å²) in [5.41, 5.74) is 4.04. The highest BCUT2D eigenvalue weighted by molar-refractivity contribution is 7.99. The second-order valence-corrected chi connectivity index (χ2v) is 10.9. The highest BCUT2D eigenvalue weighted by Gasteiger charge is 2.32. The van der Waals surface area contributed by atoms with Gasteiger partial charge < -0.3 is 30.0 Å². The summed E-state index contributed by atoms with van der Waals surface area (Å²) in [4.78, 5) is 29.3. The van der Waals surface area contributed by atoms with Gasteiger partial charge in [-0.2, -0.15) is 5.10 Å². The molecule has 224 valence electrons. The summed E-state index contributed by atoms with van der Waals surface area (Å²) in [6.07, 6.45) is 1.40. The van der Waals surface area contributed by atoms with Crippen LogP contribution in [0.4, 0.5) is 10.5 Å². The van der Waals surface area contributed by atoms with Crippen molar-refractivity contribution in [1.82, 2.24) is 20.5 Å². The van der Waals surface area contributed by atoms with Crippen LogP contribution in [0.1, 0.15) is 41.1 Å². The molecule has 4 N–H and O–H groups in total. The molecule has 11 nitrogen and oxygen atoms in total. The van der Waals surface area contributed by atoms with Gasteiger partial charge in [0.15, 0.2) is 11.4 Å². The van der Waals surface area contributed by atoms with Crippen molar-refractivity contribution in [3.8, 4) is 0 Å². The lowest BCUT2D eigenvalue weighted by atomic mass is 10.0. The van der Waals surface area contributed by atoms with E-state index in [4.69, 9.17) is 14.2 Å². The lowest BCUT2D eigenvalue weighted by Gasteiger charge is -2.36. The van der Waals surface area contributed by atoms with Gasteiger partial charge in [-0.15, -0.1) is 0 Å². The standard InChI is InChI=1S/C31H33N5O6S/c1-40-28(38)26(15-20-5-3-2-4-6-20)35-30(39)34-24-13-11-23(12-14-24)29-41-25(18-43-31-32-19-33-36-31)16-27(42-29)22-9-7-21(17-37)8-10-22/h2-14,19,25-27,29,37H,15-18H2,1H3,(H,32,33,36)(H2,34,35,39)/t25-,26-,27+,29+/m0/s1. The number of aromatic nitrogens is 3. The first kappa shape index (κ1) is 30.2. The molecule has 1 aromatic heterocycles. The van der Waals surface area contributed by atoms with Gasteiger partial charge in [-0.05, 0) is 28.8 Å².